The summed E-state index contributed by atoms with van der Waals surface area (Å²) in [6.45, 7) is 6.65. The molecule has 110 valence electrons. The zero-order valence-electron chi connectivity index (χ0n) is 12.0. The minimum Gasteiger partial charge on any atom is -0.399 e. The highest BCUT2D eigenvalue weighted by molar-refractivity contribution is 7.89. The van der Waals surface area contributed by atoms with Gasteiger partial charge in [-0.05, 0) is 30.0 Å². The maximum absolute atomic E-state index is 12.3. The molecule has 4 N–H and O–H groups in total. The number of rotatable bonds is 4. The van der Waals surface area contributed by atoms with Crippen molar-refractivity contribution >= 4 is 26.6 Å². The van der Waals surface area contributed by atoms with Crippen LogP contribution in [0.3, 0.4) is 0 Å². The maximum Gasteiger partial charge on any atom is 0.242 e. The summed E-state index contributed by atoms with van der Waals surface area (Å²) in [5.74, 6) is 0. The number of H-pyrrole nitrogens is 1. The summed E-state index contributed by atoms with van der Waals surface area (Å²) in [6, 6.07) is 5.19. The second kappa shape index (κ2) is 5.10. The summed E-state index contributed by atoms with van der Waals surface area (Å²) < 4.78 is 27.3. The van der Waals surface area contributed by atoms with Gasteiger partial charge in [0.15, 0.2) is 0 Å². The lowest BCUT2D eigenvalue weighted by molar-refractivity contribution is 0.378. The number of nitrogens with one attached hydrogen (secondary N) is 2. The molecule has 2 rings (SSSR count). The fraction of sp³-hybridized carbons (Fsp3) is 0.429. The van der Waals surface area contributed by atoms with Gasteiger partial charge in [0, 0.05) is 29.3 Å². The molecule has 0 bridgehead atoms. The molecule has 0 atom stereocenters. The van der Waals surface area contributed by atoms with Crippen LogP contribution in [-0.4, -0.2) is 19.9 Å². The first-order valence-electron chi connectivity index (χ1n) is 6.55. The molecule has 0 saturated carbocycles. The molecule has 0 aliphatic carbocycles. The Bertz CT molecular complexity index is 712. The van der Waals surface area contributed by atoms with Crippen molar-refractivity contribution in [3.8, 4) is 0 Å². The Morgan fingerprint density at radius 3 is 2.65 bits per heavy atom. The molecule has 2 aromatic rings. The Hall–Kier alpha value is -1.53. The molecule has 6 heteroatoms. The highest BCUT2D eigenvalue weighted by Gasteiger charge is 2.20. The van der Waals surface area contributed by atoms with E-state index in [0.717, 1.165) is 11.9 Å². The Balaban J connectivity index is 2.26. The fourth-order valence-electron chi connectivity index (χ4n) is 1.97. The Morgan fingerprint density at radius 1 is 1.30 bits per heavy atom. The number of fused-ring (bicyclic) bond motifs is 1. The highest BCUT2D eigenvalue weighted by Crippen LogP contribution is 2.25. The van der Waals surface area contributed by atoms with Crippen molar-refractivity contribution in [2.45, 2.75) is 32.1 Å². The molecule has 0 radical (unpaired) electrons. The number of aromatic nitrogens is 1. The van der Waals surface area contributed by atoms with Crippen LogP contribution in [0.5, 0.6) is 0 Å². The number of sulfonamides is 1. The number of hydrogen-bond donors (Lipinski definition) is 3. The van der Waals surface area contributed by atoms with Crippen molar-refractivity contribution < 1.29 is 8.42 Å². The molecule has 0 aliphatic heterocycles. The normalized spacial score (nSPS) is 12.9. The van der Waals surface area contributed by atoms with Crippen LogP contribution in [-0.2, 0) is 10.0 Å². The quantitative estimate of drug-likeness (QED) is 0.757. The van der Waals surface area contributed by atoms with Crippen molar-refractivity contribution in [3.05, 3.63) is 24.4 Å². The summed E-state index contributed by atoms with van der Waals surface area (Å²) in [4.78, 5) is 3.20. The molecular formula is C14H21N3O2S. The highest BCUT2D eigenvalue weighted by atomic mass is 32.2. The second-order valence-corrected chi connectivity index (χ2v) is 7.90. The van der Waals surface area contributed by atoms with E-state index in [1.165, 1.54) is 6.20 Å². The molecule has 5 nitrogen and oxygen atoms in total. The van der Waals surface area contributed by atoms with Crippen LogP contribution < -0.4 is 10.5 Å². The molecule has 0 amide bonds. The van der Waals surface area contributed by atoms with Gasteiger partial charge in [0.05, 0.1) is 0 Å². The lowest BCUT2D eigenvalue weighted by Crippen LogP contribution is -2.27. The van der Waals surface area contributed by atoms with Crippen LogP contribution in [0.15, 0.2) is 29.3 Å². The fourth-order valence-corrected chi connectivity index (χ4v) is 3.17. The lowest BCUT2D eigenvalue weighted by Gasteiger charge is -2.17. The Kier molecular flexibility index (Phi) is 3.80. The van der Waals surface area contributed by atoms with E-state index in [9.17, 15) is 8.42 Å². The van der Waals surface area contributed by atoms with Crippen molar-refractivity contribution in [2.75, 3.05) is 12.3 Å². The first-order valence-corrected chi connectivity index (χ1v) is 8.04. The third kappa shape index (κ3) is 3.32. The van der Waals surface area contributed by atoms with E-state index >= 15 is 0 Å². The molecule has 0 spiro atoms. The first-order chi connectivity index (χ1) is 9.19. The monoisotopic (exact) mass is 295 g/mol. The van der Waals surface area contributed by atoms with E-state index < -0.39 is 10.0 Å². The van der Waals surface area contributed by atoms with Gasteiger partial charge in [0.2, 0.25) is 10.0 Å². The van der Waals surface area contributed by atoms with Gasteiger partial charge in [0.25, 0.3) is 0 Å². The van der Waals surface area contributed by atoms with Gasteiger partial charge in [-0.3, -0.25) is 0 Å². The molecule has 0 unspecified atom stereocenters. The number of hydrogen-bond acceptors (Lipinski definition) is 3. The maximum atomic E-state index is 12.3. The molecular weight excluding hydrogens is 274 g/mol. The van der Waals surface area contributed by atoms with Gasteiger partial charge < -0.3 is 10.7 Å². The van der Waals surface area contributed by atoms with Crippen molar-refractivity contribution in [1.82, 2.24) is 9.71 Å². The van der Waals surface area contributed by atoms with Crippen molar-refractivity contribution in [1.29, 1.82) is 0 Å². The number of nitrogen functional groups attached to an aromatic ring is 1. The zero-order chi connectivity index (χ0) is 15.0. The van der Waals surface area contributed by atoms with Crippen LogP contribution in [0.1, 0.15) is 27.2 Å². The van der Waals surface area contributed by atoms with Crippen molar-refractivity contribution in [2.24, 2.45) is 5.41 Å². The molecule has 1 aromatic carbocycles. The summed E-state index contributed by atoms with van der Waals surface area (Å²) in [5, 5.41) is 0.619. The van der Waals surface area contributed by atoms with Crippen LogP contribution in [0.4, 0.5) is 5.69 Å². The SMILES string of the molecule is CC(C)(C)CCNS(=O)(=O)c1c[nH]c2ccc(N)cc12. The smallest absolute Gasteiger partial charge is 0.242 e. The minimum atomic E-state index is -3.52. The van der Waals surface area contributed by atoms with Gasteiger partial charge in [-0.2, -0.15) is 0 Å². The number of benzene rings is 1. The van der Waals surface area contributed by atoms with E-state index in [1.54, 1.807) is 18.2 Å². The lowest BCUT2D eigenvalue weighted by atomic mass is 9.93. The average molecular weight is 295 g/mol. The molecule has 1 aromatic heterocycles. The molecule has 1 heterocycles. The third-order valence-electron chi connectivity index (χ3n) is 3.12. The summed E-state index contributed by atoms with van der Waals surface area (Å²) in [7, 11) is -3.52. The van der Waals surface area contributed by atoms with E-state index in [0.29, 0.717) is 17.6 Å². The Labute approximate surface area is 119 Å². The van der Waals surface area contributed by atoms with Crippen LogP contribution in [0, 0.1) is 5.41 Å². The number of aromatic amines is 1. The summed E-state index contributed by atoms with van der Waals surface area (Å²) in [5.41, 5.74) is 7.12. The second-order valence-electron chi connectivity index (χ2n) is 6.17. The van der Waals surface area contributed by atoms with Gasteiger partial charge in [0.1, 0.15) is 4.90 Å². The first kappa shape index (κ1) is 14.9. The van der Waals surface area contributed by atoms with Crippen LogP contribution in [0.25, 0.3) is 10.9 Å². The molecule has 20 heavy (non-hydrogen) atoms. The van der Waals surface area contributed by atoms with Gasteiger partial charge >= 0.3 is 0 Å². The van der Waals surface area contributed by atoms with E-state index in [4.69, 9.17) is 5.73 Å². The number of anilines is 1. The van der Waals surface area contributed by atoms with Gasteiger partial charge in [-0.25, -0.2) is 13.1 Å². The number of nitrogens with two attached hydrogens (primary N) is 1. The molecule has 0 fully saturated rings. The van der Waals surface area contributed by atoms with Gasteiger partial charge in [-0.1, -0.05) is 20.8 Å². The van der Waals surface area contributed by atoms with E-state index in [1.807, 2.05) is 0 Å². The summed E-state index contributed by atoms with van der Waals surface area (Å²) in [6.07, 6.45) is 2.28. The predicted molar refractivity (Wildman–Crippen MR) is 82.0 cm³/mol. The van der Waals surface area contributed by atoms with Gasteiger partial charge in [-0.15, -0.1) is 0 Å². The van der Waals surface area contributed by atoms with E-state index in [-0.39, 0.29) is 10.3 Å². The van der Waals surface area contributed by atoms with E-state index in [2.05, 4.69) is 30.5 Å². The zero-order valence-corrected chi connectivity index (χ0v) is 12.8. The molecule has 0 saturated heterocycles. The Morgan fingerprint density at radius 2 is 2.00 bits per heavy atom. The topological polar surface area (TPSA) is 88.0 Å². The summed E-state index contributed by atoms with van der Waals surface area (Å²) >= 11 is 0. The largest absolute Gasteiger partial charge is 0.399 e. The van der Waals surface area contributed by atoms with Crippen molar-refractivity contribution in [3.63, 3.8) is 0 Å². The predicted octanol–water partition coefficient (Wildman–Crippen LogP) is 2.46. The van der Waals surface area contributed by atoms with Crippen LogP contribution >= 0.6 is 0 Å². The standard InChI is InChI=1S/C14H21N3O2S/c1-14(2,3)6-7-17-20(18,19)13-9-16-12-5-4-10(15)8-11(12)13/h4-5,8-9,16-17H,6-7,15H2,1-3H3. The minimum absolute atomic E-state index is 0.0904. The third-order valence-corrected chi connectivity index (χ3v) is 4.63. The molecule has 0 aliphatic rings. The van der Waals surface area contributed by atoms with Crippen LogP contribution in [0.2, 0.25) is 0 Å². The average Bonchev–Trinajstić information content (AvgIpc) is 2.70.